The van der Waals surface area contributed by atoms with Gasteiger partial charge in [0.2, 0.25) is 5.91 Å². The molecule has 1 N–H and O–H groups in total. The molecular formula is C13H13N3O3S. The lowest BCUT2D eigenvalue weighted by Crippen LogP contribution is -2.38. The zero-order valence-electron chi connectivity index (χ0n) is 10.8. The Balaban J connectivity index is 1.73. The predicted octanol–water partition coefficient (Wildman–Crippen LogP) is 1.86. The molecule has 1 aliphatic heterocycles. The standard InChI is InChI=1S/C13H13N3O3S/c1-8(11(17)16-7-6-14-12(16)18)20-13-15-9-4-2-3-5-10(9)19-13/h2-5,8H,6-7H2,1H3,(H,14,18). The molecule has 104 valence electrons. The topological polar surface area (TPSA) is 75.4 Å². The number of benzene rings is 1. The zero-order valence-corrected chi connectivity index (χ0v) is 11.6. The normalized spacial score (nSPS) is 16.4. The van der Waals surface area contributed by atoms with E-state index in [4.69, 9.17) is 4.42 Å². The van der Waals surface area contributed by atoms with Crippen LogP contribution < -0.4 is 5.32 Å². The number of imide groups is 1. The number of amides is 3. The summed E-state index contributed by atoms with van der Waals surface area (Å²) in [5.41, 5.74) is 1.45. The van der Waals surface area contributed by atoms with E-state index in [2.05, 4.69) is 10.3 Å². The summed E-state index contributed by atoms with van der Waals surface area (Å²) in [7, 11) is 0. The number of fused-ring (bicyclic) bond motifs is 1. The minimum Gasteiger partial charge on any atom is -0.431 e. The van der Waals surface area contributed by atoms with Gasteiger partial charge in [0.1, 0.15) is 5.52 Å². The number of thioether (sulfide) groups is 1. The number of hydrogen-bond donors (Lipinski definition) is 1. The third-order valence-electron chi connectivity index (χ3n) is 3.02. The van der Waals surface area contributed by atoms with Crippen LogP contribution in [0.15, 0.2) is 33.9 Å². The Labute approximate surface area is 119 Å². The summed E-state index contributed by atoms with van der Waals surface area (Å²) in [5, 5.41) is 2.62. The first-order valence-corrected chi connectivity index (χ1v) is 7.14. The minimum atomic E-state index is -0.424. The quantitative estimate of drug-likeness (QED) is 0.874. The summed E-state index contributed by atoms with van der Waals surface area (Å²) in [5.74, 6) is -0.229. The number of aromatic nitrogens is 1. The van der Waals surface area contributed by atoms with Gasteiger partial charge >= 0.3 is 6.03 Å². The van der Waals surface area contributed by atoms with E-state index in [0.29, 0.717) is 23.9 Å². The first-order valence-electron chi connectivity index (χ1n) is 6.26. The van der Waals surface area contributed by atoms with Crippen molar-refractivity contribution < 1.29 is 14.0 Å². The third-order valence-corrected chi connectivity index (χ3v) is 3.95. The Morgan fingerprint density at radius 1 is 1.50 bits per heavy atom. The molecule has 2 aromatic rings. The molecule has 6 nitrogen and oxygen atoms in total. The van der Waals surface area contributed by atoms with E-state index in [9.17, 15) is 9.59 Å². The SMILES string of the molecule is CC(Sc1nc2ccccc2o1)C(=O)N1CCNC1=O. The van der Waals surface area contributed by atoms with Crippen molar-refractivity contribution in [1.29, 1.82) is 0 Å². The average Bonchev–Trinajstić information content (AvgIpc) is 3.03. The van der Waals surface area contributed by atoms with Crippen LogP contribution in [0.25, 0.3) is 11.1 Å². The van der Waals surface area contributed by atoms with Crippen LogP contribution in [-0.2, 0) is 4.79 Å². The molecular weight excluding hydrogens is 278 g/mol. The number of nitrogens with one attached hydrogen (secondary N) is 1. The van der Waals surface area contributed by atoms with Crippen LogP contribution in [0.3, 0.4) is 0 Å². The molecule has 7 heteroatoms. The van der Waals surface area contributed by atoms with Crippen molar-refractivity contribution in [2.24, 2.45) is 0 Å². The maximum atomic E-state index is 12.2. The number of nitrogens with zero attached hydrogens (tertiary/aromatic N) is 2. The van der Waals surface area contributed by atoms with Crippen LogP contribution in [0.4, 0.5) is 4.79 Å². The van der Waals surface area contributed by atoms with Crippen LogP contribution in [0, 0.1) is 0 Å². The van der Waals surface area contributed by atoms with Crippen LogP contribution in [0.5, 0.6) is 0 Å². The van der Waals surface area contributed by atoms with Gasteiger partial charge in [-0.1, -0.05) is 23.9 Å². The van der Waals surface area contributed by atoms with Crippen molar-refractivity contribution in [1.82, 2.24) is 15.2 Å². The Morgan fingerprint density at radius 2 is 2.30 bits per heavy atom. The second-order valence-corrected chi connectivity index (χ2v) is 5.72. The zero-order chi connectivity index (χ0) is 14.1. The first-order chi connectivity index (χ1) is 9.65. The molecule has 3 amide bonds. The lowest BCUT2D eigenvalue weighted by atomic mass is 10.3. The molecule has 0 radical (unpaired) electrons. The van der Waals surface area contributed by atoms with Crippen LogP contribution in [0.1, 0.15) is 6.92 Å². The second kappa shape index (κ2) is 5.16. The van der Waals surface area contributed by atoms with Gasteiger partial charge in [-0.2, -0.15) is 0 Å². The molecule has 1 aliphatic rings. The van der Waals surface area contributed by atoms with Gasteiger partial charge < -0.3 is 9.73 Å². The molecule has 3 rings (SSSR count). The van der Waals surface area contributed by atoms with Gasteiger partial charge in [-0.25, -0.2) is 9.78 Å². The van der Waals surface area contributed by atoms with Gasteiger partial charge in [-0.3, -0.25) is 9.69 Å². The third kappa shape index (κ3) is 2.36. The van der Waals surface area contributed by atoms with E-state index in [1.807, 2.05) is 24.3 Å². The van der Waals surface area contributed by atoms with E-state index < -0.39 is 5.25 Å². The summed E-state index contributed by atoms with van der Waals surface area (Å²) in [4.78, 5) is 29.1. The lowest BCUT2D eigenvalue weighted by Gasteiger charge is -2.15. The van der Waals surface area contributed by atoms with Gasteiger partial charge in [-0.15, -0.1) is 0 Å². The van der Waals surface area contributed by atoms with Gasteiger partial charge in [0.15, 0.2) is 5.58 Å². The molecule has 0 spiro atoms. The van der Waals surface area contributed by atoms with E-state index in [1.165, 1.54) is 16.7 Å². The van der Waals surface area contributed by atoms with Crippen molar-refractivity contribution in [2.45, 2.75) is 17.4 Å². The largest absolute Gasteiger partial charge is 0.431 e. The van der Waals surface area contributed by atoms with Crippen molar-refractivity contribution in [3.8, 4) is 0 Å². The summed E-state index contributed by atoms with van der Waals surface area (Å²) in [6.07, 6.45) is 0. The molecule has 1 aromatic carbocycles. The van der Waals surface area contributed by atoms with Gasteiger partial charge in [-0.05, 0) is 19.1 Å². The molecule has 0 bridgehead atoms. The number of carbonyl (C=O) groups excluding carboxylic acids is 2. The van der Waals surface area contributed by atoms with E-state index in [1.54, 1.807) is 6.92 Å². The van der Waals surface area contributed by atoms with Gasteiger partial charge in [0.05, 0.1) is 5.25 Å². The highest BCUT2D eigenvalue weighted by molar-refractivity contribution is 8.00. The molecule has 1 fully saturated rings. The fraction of sp³-hybridized carbons (Fsp3) is 0.308. The van der Waals surface area contributed by atoms with E-state index in [-0.39, 0.29) is 11.9 Å². The molecule has 1 atom stereocenters. The van der Waals surface area contributed by atoms with Gasteiger partial charge in [0.25, 0.3) is 5.22 Å². The highest BCUT2D eigenvalue weighted by Gasteiger charge is 2.30. The van der Waals surface area contributed by atoms with Crippen LogP contribution in [-0.4, -0.2) is 40.2 Å². The fourth-order valence-electron chi connectivity index (χ4n) is 2.00. The number of hydrogen-bond acceptors (Lipinski definition) is 5. The summed E-state index contributed by atoms with van der Waals surface area (Å²) < 4.78 is 5.56. The van der Waals surface area contributed by atoms with E-state index >= 15 is 0 Å². The van der Waals surface area contributed by atoms with E-state index in [0.717, 1.165) is 5.52 Å². The monoisotopic (exact) mass is 291 g/mol. The Hall–Kier alpha value is -2.02. The summed E-state index contributed by atoms with van der Waals surface area (Å²) in [6, 6.07) is 7.09. The smallest absolute Gasteiger partial charge is 0.324 e. The predicted molar refractivity (Wildman–Crippen MR) is 74.4 cm³/mol. The Bertz CT molecular complexity index is 637. The number of carbonyl (C=O) groups is 2. The van der Waals surface area contributed by atoms with Crippen molar-refractivity contribution >= 4 is 34.8 Å². The lowest BCUT2D eigenvalue weighted by molar-refractivity contribution is -0.126. The highest BCUT2D eigenvalue weighted by Crippen LogP contribution is 2.27. The number of oxazole rings is 1. The molecule has 2 heterocycles. The minimum absolute atomic E-state index is 0.229. The average molecular weight is 291 g/mol. The maximum Gasteiger partial charge on any atom is 0.324 e. The number of rotatable bonds is 3. The Morgan fingerprint density at radius 3 is 3.00 bits per heavy atom. The van der Waals surface area contributed by atoms with Crippen molar-refractivity contribution in [3.63, 3.8) is 0 Å². The number of urea groups is 1. The van der Waals surface area contributed by atoms with Crippen molar-refractivity contribution in [2.75, 3.05) is 13.1 Å². The summed E-state index contributed by atoms with van der Waals surface area (Å²) in [6.45, 7) is 2.66. The molecule has 1 saturated heterocycles. The van der Waals surface area contributed by atoms with Crippen molar-refractivity contribution in [3.05, 3.63) is 24.3 Å². The van der Waals surface area contributed by atoms with Crippen LogP contribution >= 0.6 is 11.8 Å². The van der Waals surface area contributed by atoms with Crippen LogP contribution in [0.2, 0.25) is 0 Å². The molecule has 0 saturated carbocycles. The molecule has 20 heavy (non-hydrogen) atoms. The fourth-order valence-corrected chi connectivity index (χ4v) is 2.82. The molecule has 1 unspecified atom stereocenters. The number of para-hydroxylation sites is 2. The molecule has 0 aliphatic carbocycles. The first kappa shape index (κ1) is 13.0. The Kier molecular flexibility index (Phi) is 3.35. The summed E-state index contributed by atoms with van der Waals surface area (Å²) >= 11 is 1.22. The maximum absolute atomic E-state index is 12.2. The second-order valence-electron chi connectivity index (χ2n) is 4.43. The molecule has 1 aromatic heterocycles. The van der Waals surface area contributed by atoms with Gasteiger partial charge in [0, 0.05) is 13.1 Å². The highest BCUT2D eigenvalue weighted by atomic mass is 32.2.